The van der Waals surface area contributed by atoms with Crippen LogP contribution in [0.3, 0.4) is 0 Å². The average molecular weight is 198 g/mol. The van der Waals surface area contributed by atoms with Crippen molar-refractivity contribution in [2.75, 3.05) is 0 Å². The molecule has 0 fully saturated rings. The number of nitrogens with one attached hydrogen (secondary N) is 1. The third kappa shape index (κ3) is 1.40. The van der Waals surface area contributed by atoms with E-state index in [0.29, 0.717) is 17.2 Å². The second-order valence-corrected chi connectivity index (χ2v) is 3.12. The van der Waals surface area contributed by atoms with Gasteiger partial charge in [-0.15, -0.1) is 0 Å². The highest BCUT2D eigenvalue weighted by atomic mass is 32.1. The van der Waals surface area contributed by atoms with Crippen LogP contribution >= 0.6 is 12.2 Å². The normalized spacial score (nSPS) is 19.8. The fourth-order valence-electron chi connectivity index (χ4n) is 1.26. The van der Waals surface area contributed by atoms with Gasteiger partial charge in [-0.25, -0.2) is 0 Å². The van der Waals surface area contributed by atoms with Crippen molar-refractivity contribution < 1.29 is 9.34 Å². The molecule has 6 heteroatoms. The number of rotatable bonds is 1. The fourth-order valence-corrected chi connectivity index (χ4v) is 1.46. The van der Waals surface area contributed by atoms with Gasteiger partial charge in [0.2, 0.25) is 6.04 Å². The Balaban J connectivity index is 2.61. The maximum absolute atomic E-state index is 10.5. The van der Waals surface area contributed by atoms with Crippen LogP contribution < -0.4 is 10.8 Å². The minimum Gasteiger partial charge on any atom is -0.430 e. The molecule has 1 aromatic rings. The van der Waals surface area contributed by atoms with Crippen molar-refractivity contribution in [3.8, 4) is 0 Å². The molecule has 5 nitrogen and oxygen atoms in total. The molecule has 1 aromatic heterocycles. The van der Waals surface area contributed by atoms with Crippen LogP contribution in [0, 0.1) is 15.0 Å². The van der Waals surface area contributed by atoms with Gasteiger partial charge >= 0.3 is 0 Å². The highest BCUT2D eigenvalue weighted by molar-refractivity contribution is 7.71. The van der Waals surface area contributed by atoms with Crippen molar-refractivity contribution in [2.24, 2.45) is 0 Å². The van der Waals surface area contributed by atoms with E-state index in [2.05, 4.69) is 4.98 Å². The van der Waals surface area contributed by atoms with E-state index < -0.39 is 6.04 Å². The van der Waals surface area contributed by atoms with Gasteiger partial charge in [0.1, 0.15) is 5.42 Å². The van der Waals surface area contributed by atoms with E-state index in [1.807, 2.05) is 0 Å². The van der Waals surface area contributed by atoms with Gasteiger partial charge in [0.05, 0.1) is 5.35 Å². The number of aromatic amines is 1. The smallest absolute Gasteiger partial charge is 0.266 e. The first-order valence-corrected chi connectivity index (χ1v) is 4.12. The number of nitro groups is 1. The molecule has 1 unspecified atom stereocenters. The van der Waals surface area contributed by atoms with Gasteiger partial charge in [0, 0.05) is 17.4 Å². The van der Waals surface area contributed by atoms with E-state index in [9.17, 15) is 10.1 Å². The average Bonchev–Trinajstić information content (AvgIpc) is 2.42. The van der Waals surface area contributed by atoms with E-state index >= 15 is 0 Å². The topological polar surface area (TPSA) is 72.1 Å². The third-order valence-electron chi connectivity index (χ3n) is 1.88. The summed E-state index contributed by atoms with van der Waals surface area (Å²) in [6, 6.07) is -0.671. The number of aromatic nitrogens is 1. The number of hydrogen-bond acceptors (Lipinski definition) is 4. The maximum Gasteiger partial charge on any atom is 0.266 e. The van der Waals surface area contributed by atoms with Crippen molar-refractivity contribution in [3.05, 3.63) is 25.7 Å². The molecule has 0 radical (unpaired) electrons. The lowest BCUT2D eigenvalue weighted by Crippen LogP contribution is -2.32. The highest BCUT2D eigenvalue weighted by Crippen LogP contribution is 2.01. The summed E-state index contributed by atoms with van der Waals surface area (Å²) in [5, 5.41) is 11.1. The first kappa shape index (κ1) is 8.18. The molecule has 0 saturated carbocycles. The van der Waals surface area contributed by atoms with Crippen LogP contribution in [0.4, 0.5) is 0 Å². The SMILES string of the molecule is O=[N+]([O-])C1C=c2[nH]c(=S)oc2=CC1. The lowest BCUT2D eigenvalue weighted by Gasteiger charge is -2.01. The van der Waals surface area contributed by atoms with Crippen LogP contribution in [0.5, 0.6) is 0 Å². The quantitative estimate of drug-likeness (QED) is 0.390. The number of oxazole rings is 1. The zero-order valence-electron chi connectivity index (χ0n) is 6.52. The van der Waals surface area contributed by atoms with E-state index in [4.69, 9.17) is 16.6 Å². The number of H-pyrrole nitrogens is 1. The van der Waals surface area contributed by atoms with Crippen LogP contribution in [0.2, 0.25) is 0 Å². The van der Waals surface area contributed by atoms with Gasteiger partial charge in [-0.1, -0.05) is 0 Å². The Hall–Kier alpha value is -1.43. The summed E-state index contributed by atoms with van der Waals surface area (Å²) in [4.78, 5) is 13.1. The summed E-state index contributed by atoms with van der Waals surface area (Å²) in [7, 11) is 0. The minimum absolute atomic E-state index is 0.251. The molecule has 1 heterocycles. The molecule has 1 N–H and O–H groups in total. The van der Waals surface area contributed by atoms with E-state index in [-0.39, 0.29) is 9.76 Å². The molecular formula is C7H6N2O3S. The Morgan fingerprint density at radius 3 is 3.23 bits per heavy atom. The largest absolute Gasteiger partial charge is 0.430 e. The molecule has 1 aliphatic rings. The summed E-state index contributed by atoms with van der Waals surface area (Å²) >= 11 is 4.75. The third-order valence-corrected chi connectivity index (χ3v) is 2.06. The van der Waals surface area contributed by atoms with E-state index in [1.165, 1.54) is 6.08 Å². The summed E-state index contributed by atoms with van der Waals surface area (Å²) in [5.41, 5.74) is 0.600. The Morgan fingerprint density at radius 2 is 2.54 bits per heavy atom. The van der Waals surface area contributed by atoms with Gasteiger partial charge in [0.25, 0.3) is 4.84 Å². The zero-order chi connectivity index (χ0) is 9.42. The Bertz CT molecular complexity index is 513. The molecule has 0 saturated heterocycles. The van der Waals surface area contributed by atoms with Crippen molar-refractivity contribution >= 4 is 24.4 Å². The van der Waals surface area contributed by atoms with Gasteiger partial charge in [0.15, 0.2) is 0 Å². The predicted molar refractivity (Wildman–Crippen MR) is 47.5 cm³/mol. The summed E-state index contributed by atoms with van der Waals surface area (Å²) in [6.45, 7) is 0. The Labute approximate surface area is 77.5 Å². The zero-order valence-corrected chi connectivity index (χ0v) is 7.34. The molecule has 0 aromatic carbocycles. The predicted octanol–water partition coefficient (Wildman–Crippen LogP) is -0.0528. The molecule has 2 rings (SSSR count). The molecule has 1 atom stereocenters. The van der Waals surface area contributed by atoms with Crippen LogP contribution in [0.25, 0.3) is 12.2 Å². The molecule has 68 valence electrons. The van der Waals surface area contributed by atoms with E-state index in [1.54, 1.807) is 6.08 Å². The van der Waals surface area contributed by atoms with Gasteiger partial charge in [-0.05, 0) is 18.3 Å². The lowest BCUT2D eigenvalue weighted by atomic mass is 10.1. The van der Waals surface area contributed by atoms with E-state index in [0.717, 1.165) is 0 Å². The van der Waals surface area contributed by atoms with Crippen molar-refractivity contribution in [2.45, 2.75) is 12.5 Å². The number of nitrogens with zero attached hydrogens (tertiary/aromatic N) is 1. The first-order valence-electron chi connectivity index (χ1n) is 3.71. The second kappa shape index (κ2) is 2.81. The Morgan fingerprint density at radius 1 is 1.77 bits per heavy atom. The maximum atomic E-state index is 10.5. The Kier molecular flexibility index (Phi) is 1.77. The second-order valence-electron chi connectivity index (χ2n) is 2.75. The molecule has 1 aliphatic carbocycles. The fraction of sp³-hybridized carbons (Fsp3) is 0.286. The minimum atomic E-state index is -0.671. The molecule has 0 spiro atoms. The highest BCUT2D eigenvalue weighted by Gasteiger charge is 2.18. The summed E-state index contributed by atoms with van der Waals surface area (Å²) in [5.74, 6) is 0. The standard InChI is InChI=1S/C7H6N2O3S/c10-9(11)4-1-2-6-5(3-4)8-7(13)12-6/h2-4H,1H2,(H,8,13). The molecule has 0 bridgehead atoms. The molecule has 0 aliphatic heterocycles. The molecule has 13 heavy (non-hydrogen) atoms. The van der Waals surface area contributed by atoms with Crippen molar-refractivity contribution in [1.29, 1.82) is 0 Å². The number of hydrogen-bond donors (Lipinski definition) is 1. The first-order chi connectivity index (χ1) is 6.16. The van der Waals surface area contributed by atoms with Crippen LogP contribution in [0.15, 0.2) is 4.42 Å². The van der Waals surface area contributed by atoms with Gasteiger partial charge in [-0.2, -0.15) is 0 Å². The summed E-state index contributed by atoms with van der Waals surface area (Å²) < 4.78 is 5.08. The number of fused-ring (bicyclic) bond motifs is 1. The monoisotopic (exact) mass is 198 g/mol. The van der Waals surface area contributed by atoms with Crippen molar-refractivity contribution in [1.82, 2.24) is 4.98 Å². The van der Waals surface area contributed by atoms with Gasteiger partial charge < -0.3 is 9.40 Å². The van der Waals surface area contributed by atoms with Crippen LogP contribution in [-0.4, -0.2) is 15.9 Å². The molecular weight excluding hydrogens is 192 g/mol. The van der Waals surface area contributed by atoms with Crippen LogP contribution in [0.1, 0.15) is 6.42 Å². The van der Waals surface area contributed by atoms with Crippen LogP contribution in [-0.2, 0) is 0 Å². The summed E-state index contributed by atoms with van der Waals surface area (Å²) in [6.07, 6.45) is 3.56. The lowest BCUT2D eigenvalue weighted by molar-refractivity contribution is -0.503. The molecule has 0 amide bonds. The van der Waals surface area contributed by atoms with Gasteiger partial charge in [-0.3, -0.25) is 10.1 Å². The van der Waals surface area contributed by atoms with Crippen molar-refractivity contribution in [3.63, 3.8) is 0 Å².